The smallest absolute Gasteiger partial charge is 0.227 e. The number of anilines is 1. The van der Waals surface area contributed by atoms with Gasteiger partial charge in [-0.05, 0) is 71.2 Å². The number of aryl methyl sites for hydroxylation is 1. The van der Waals surface area contributed by atoms with Gasteiger partial charge in [0.15, 0.2) is 0 Å². The predicted octanol–water partition coefficient (Wildman–Crippen LogP) is 4.03. The molecule has 1 aliphatic rings. The van der Waals surface area contributed by atoms with Gasteiger partial charge < -0.3 is 5.32 Å². The number of fused-ring (bicyclic) bond motifs is 1. The van der Waals surface area contributed by atoms with Crippen molar-refractivity contribution in [1.82, 2.24) is 0 Å². The maximum absolute atomic E-state index is 12.4. The Morgan fingerprint density at radius 2 is 1.90 bits per heavy atom. The van der Waals surface area contributed by atoms with Crippen molar-refractivity contribution in [3.8, 4) is 0 Å². The minimum Gasteiger partial charge on any atom is -0.326 e. The Labute approximate surface area is 132 Å². The minimum absolute atomic E-state index is 0.0859. The molecule has 0 fully saturated rings. The molecule has 0 heterocycles. The molecule has 0 saturated carbocycles. The van der Waals surface area contributed by atoms with Crippen LogP contribution < -0.4 is 5.32 Å². The van der Waals surface area contributed by atoms with Crippen molar-refractivity contribution in [3.63, 3.8) is 0 Å². The van der Waals surface area contributed by atoms with E-state index in [2.05, 4.69) is 52.2 Å². The third-order valence-corrected chi connectivity index (χ3v) is 4.48. The van der Waals surface area contributed by atoms with E-state index in [-0.39, 0.29) is 11.8 Å². The third kappa shape index (κ3) is 3.03. The van der Waals surface area contributed by atoms with Crippen LogP contribution in [0.25, 0.3) is 0 Å². The molecule has 102 valence electrons. The number of benzene rings is 2. The first kappa shape index (κ1) is 13.6. The van der Waals surface area contributed by atoms with Gasteiger partial charge in [0.05, 0.1) is 0 Å². The summed E-state index contributed by atoms with van der Waals surface area (Å²) in [5.41, 5.74) is 3.60. The van der Waals surface area contributed by atoms with E-state index >= 15 is 0 Å². The van der Waals surface area contributed by atoms with Gasteiger partial charge in [-0.25, -0.2) is 0 Å². The van der Waals surface area contributed by atoms with Gasteiger partial charge in [0.1, 0.15) is 0 Å². The lowest BCUT2D eigenvalue weighted by Crippen LogP contribution is -2.28. The molecule has 2 aromatic rings. The molecule has 0 saturated heterocycles. The average Bonchev–Trinajstić information content (AvgIpc) is 2.47. The van der Waals surface area contributed by atoms with Crippen LogP contribution in [-0.4, -0.2) is 5.91 Å². The van der Waals surface area contributed by atoms with Crippen molar-refractivity contribution in [2.75, 3.05) is 5.32 Å². The van der Waals surface area contributed by atoms with Crippen LogP contribution in [-0.2, 0) is 17.6 Å². The Bertz CT molecular complexity index is 638. The lowest BCUT2D eigenvalue weighted by Gasteiger charge is -2.23. The van der Waals surface area contributed by atoms with E-state index in [0.717, 1.165) is 28.5 Å². The summed E-state index contributed by atoms with van der Waals surface area (Å²) in [6.07, 6.45) is 2.79. The number of amides is 1. The molecule has 1 N–H and O–H groups in total. The lowest BCUT2D eigenvalue weighted by molar-refractivity contribution is -0.120. The second kappa shape index (κ2) is 5.95. The van der Waals surface area contributed by atoms with E-state index in [1.54, 1.807) is 0 Å². The number of nitrogens with one attached hydrogen (secondary N) is 1. The van der Waals surface area contributed by atoms with Crippen LogP contribution in [0.5, 0.6) is 0 Å². The third-order valence-electron chi connectivity index (χ3n) is 3.81. The van der Waals surface area contributed by atoms with Gasteiger partial charge >= 0.3 is 0 Å². The zero-order valence-corrected chi connectivity index (χ0v) is 13.3. The highest BCUT2D eigenvalue weighted by atomic mass is 127. The van der Waals surface area contributed by atoms with Crippen LogP contribution in [0, 0.1) is 9.49 Å². The highest BCUT2D eigenvalue weighted by Crippen LogP contribution is 2.26. The first-order valence-corrected chi connectivity index (χ1v) is 7.93. The monoisotopic (exact) mass is 377 g/mol. The maximum Gasteiger partial charge on any atom is 0.227 e. The summed E-state index contributed by atoms with van der Waals surface area (Å²) in [4.78, 5) is 12.4. The van der Waals surface area contributed by atoms with Gasteiger partial charge in [-0.1, -0.05) is 30.3 Å². The van der Waals surface area contributed by atoms with Crippen molar-refractivity contribution in [3.05, 3.63) is 63.2 Å². The van der Waals surface area contributed by atoms with Gasteiger partial charge in [0, 0.05) is 15.2 Å². The molecular weight excluding hydrogens is 361 g/mol. The molecular formula is C17H16INO. The molecule has 1 amide bonds. The van der Waals surface area contributed by atoms with Gasteiger partial charge in [0.2, 0.25) is 5.91 Å². The van der Waals surface area contributed by atoms with Crippen LogP contribution >= 0.6 is 22.6 Å². The summed E-state index contributed by atoms with van der Waals surface area (Å²) in [6.45, 7) is 0. The molecule has 0 spiro atoms. The minimum atomic E-state index is 0.0859. The SMILES string of the molecule is O=C(Nc1cccc(I)c1)C1CCc2ccccc2C1. The summed E-state index contributed by atoms with van der Waals surface area (Å²) >= 11 is 2.26. The van der Waals surface area contributed by atoms with Crippen molar-refractivity contribution in [2.24, 2.45) is 5.92 Å². The van der Waals surface area contributed by atoms with Crippen LogP contribution in [0.15, 0.2) is 48.5 Å². The van der Waals surface area contributed by atoms with E-state index < -0.39 is 0 Å². The van der Waals surface area contributed by atoms with E-state index in [9.17, 15) is 4.79 Å². The van der Waals surface area contributed by atoms with E-state index in [1.807, 2.05) is 24.3 Å². The number of hydrogen-bond donors (Lipinski definition) is 1. The standard InChI is InChI=1S/C17H16INO/c18-15-6-3-7-16(11-15)19-17(20)14-9-8-12-4-1-2-5-13(12)10-14/h1-7,11,14H,8-10H2,(H,19,20). The van der Waals surface area contributed by atoms with Gasteiger partial charge in [-0.2, -0.15) is 0 Å². The summed E-state index contributed by atoms with van der Waals surface area (Å²) in [5, 5.41) is 3.04. The van der Waals surface area contributed by atoms with Gasteiger partial charge in [0.25, 0.3) is 0 Å². The highest BCUT2D eigenvalue weighted by Gasteiger charge is 2.24. The van der Waals surface area contributed by atoms with Crippen LogP contribution in [0.3, 0.4) is 0 Å². The normalized spacial score (nSPS) is 17.4. The second-order valence-corrected chi connectivity index (χ2v) is 6.45. The first-order valence-electron chi connectivity index (χ1n) is 6.85. The fourth-order valence-corrected chi connectivity index (χ4v) is 3.28. The summed E-state index contributed by atoms with van der Waals surface area (Å²) < 4.78 is 1.13. The number of rotatable bonds is 2. The molecule has 1 atom stereocenters. The number of carbonyl (C=O) groups is 1. The van der Waals surface area contributed by atoms with Crippen molar-refractivity contribution in [2.45, 2.75) is 19.3 Å². The largest absolute Gasteiger partial charge is 0.326 e. The van der Waals surface area contributed by atoms with Crippen LogP contribution in [0.2, 0.25) is 0 Å². The maximum atomic E-state index is 12.4. The predicted molar refractivity (Wildman–Crippen MR) is 89.7 cm³/mol. The molecule has 20 heavy (non-hydrogen) atoms. The molecule has 3 rings (SSSR count). The topological polar surface area (TPSA) is 29.1 Å². The Morgan fingerprint density at radius 1 is 1.10 bits per heavy atom. The first-order chi connectivity index (χ1) is 9.72. The molecule has 0 bridgehead atoms. The quantitative estimate of drug-likeness (QED) is 0.787. The van der Waals surface area contributed by atoms with E-state index in [1.165, 1.54) is 11.1 Å². The molecule has 1 unspecified atom stereocenters. The molecule has 0 aliphatic heterocycles. The summed E-state index contributed by atoms with van der Waals surface area (Å²) in [6, 6.07) is 16.4. The highest BCUT2D eigenvalue weighted by molar-refractivity contribution is 14.1. The van der Waals surface area contributed by atoms with Crippen molar-refractivity contribution >= 4 is 34.2 Å². The van der Waals surface area contributed by atoms with Crippen LogP contribution in [0.1, 0.15) is 17.5 Å². The van der Waals surface area contributed by atoms with Crippen molar-refractivity contribution < 1.29 is 4.79 Å². The molecule has 2 aromatic carbocycles. The molecule has 1 aliphatic carbocycles. The number of carbonyl (C=O) groups excluding carboxylic acids is 1. The van der Waals surface area contributed by atoms with Crippen molar-refractivity contribution in [1.29, 1.82) is 0 Å². The Balaban J connectivity index is 1.70. The number of halogens is 1. The van der Waals surface area contributed by atoms with Crippen LogP contribution in [0.4, 0.5) is 5.69 Å². The fourth-order valence-electron chi connectivity index (χ4n) is 2.73. The Kier molecular flexibility index (Phi) is 4.05. The molecule has 0 radical (unpaired) electrons. The summed E-state index contributed by atoms with van der Waals surface area (Å²) in [5.74, 6) is 0.226. The Morgan fingerprint density at radius 3 is 2.70 bits per heavy atom. The van der Waals surface area contributed by atoms with E-state index in [4.69, 9.17) is 0 Å². The van der Waals surface area contributed by atoms with Gasteiger partial charge in [-0.15, -0.1) is 0 Å². The lowest BCUT2D eigenvalue weighted by atomic mass is 9.83. The second-order valence-electron chi connectivity index (χ2n) is 5.21. The summed E-state index contributed by atoms with van der Waals surface area (Å²) in [7, 11) is 0. The Hall–Kier alpha value is -1.36. The zero-order valence-electron chi connectivity index (χ0n) is 11.1. The number of hydrogen-bond acceptors (Lipinski definition) is 1. The van der Waals surface area contributed by atoms with Gasteiger partial charge in [-0.3, -0.25) is 4.79 Å². The molecule has 0 aromatic heterocycles. The average molecular weight is 377 g/mol. The molecule has 2 nitrogen and oxygen atoms in total. The fraction of sp³-hybridized carbons (Fsp3) is 0.235. The zero-order chi connectivity index (χ0) is 13.9. The molecule has 3 heteroatoms. The van der Waals surface area contributed by atoms with E-state index in [0.29, 0.717) is 0 Å².